The fraction of sp³-hybridized carbons (Fsp3) is 0.353. The maximum Gasteiger partial charge on any atom is 0.244 e. The van der Waals surface area contributed by atoms with Crippen LogP contribution in [0, 0.1) is 0 Å². The lowest BCUT2D eigenvalue weighted by molar-refractivity contribution is -0.139. The molecule has 2 aromatic heterocycles. The van der Waals surface area contributed by atoms with Crippen LogP contribution in [-0.4, -0.2) is 73.0 Å². The number of piperazine rings is 1. The van der Waals surface area contributed by atoms with E-state index < -0.39 is 0 Å². The van der Waals surface area contributed by atoms with Gasteiger partial charge in [-0.05, 0) is 34.2 Å². The molecule has 1 aliphatic rings. The quantitative estimate of drug-likeness (QED) is 0.711. The molecule has 0 unspecified atom stereocenters. The van der Waals surface area contributed by atoms with E-state index in [1.165, 1.54) is 11.0 Å². The second kappa shape index (κ2) is 7.36. The Hall–Kier alpha value is -2.94. The highest BCUT2D eigenvalue weighted by Gasteiger charge is 2.25. The van der Waals surface area contributed by atoms with Crippen LogP contribution in [-0.2, 0) is 22.6 Å². The van der Waals surface area contributed by atoms with Gasteiger partial charge in [-0.1, -0.05) is 11.6 Å². The van der Waals surface area contributed by atoms with Crippen molar-refractivity contribution < 1.29 is 9.59 Å². The topological polar surface area (TPSA) is 100 Å². The van der Waals surface area contributed by atoms with Gasteiger partial charge in [-0.2, -0.15) is 0 Å². The second-order valence-electron chi connectivity index (χ2n) is 6.45. The van der Waals surface area contributed by atoms with E-state index in [1.807, 2.05) is 24.4 Å². The molecule has 10 heteroatoms. The van der Waals surface area contributed by atoms with Crippen LogP contribution >= 0.6 is 11.6 Å². The largest absolute Gasteiger partial charge is 0.361 e. The molecule has 1 aliphatic heterocycles. The maximum atomic E-state index is 12.7. The second-order valence-corrected chi connectivity index (χ2v) is 6.89. The van der Waals surface area contributed by atoms with Crippen molar-refractivity contribution >= 4 is 34.3 Å². The van der Waals surface area contributed by atoms with Crippen LogP contribution in [0.1, 0.15) is 5.56 Å². The van der Waals surface area contributed by atoms with Gasteiger partial charge in [-0.25, -0.2) is 4.68 Å². The van der Waals surface area contributed by atoms with E-state index in [0.717, 1.165) is 16.5 Å². The van der Waals surface area contributed by atoms with Gasteiger partial charge >= 0.3 is 0 Å². The molecular formula is C17H18ClN7O2. The number of carbonyl (C=O) groups excluding carboxylic acids is 2. The van der Waals surface area contributed by atoms with Gasteiger partial charge < -0.3 is 14.8 Å². The Morgan fingerprint density at radius 1 is 1.11 bits per heavy atom. The van der Waals surface area contributed by atoms with Gasteiger partial charge in [-0.15, -0.1) is 5.10 Å². The Balaban J connectivity index is 1.34. The van der Waals surface area contributed by atoms with Gasteiger partial charge in [0.2, 0.25) is 11.8 Å². The van der Waals surface area contributed by atoms with Crippen LogP contribution in [0.15, 0.2) is 30.7 Å². The number of hydrogen-bond acceptors (Lipinski definition) is 5. The number of hydrogen-bond donors (Lipinski definition) is 1. The van der Waals surface area contributed by atoms with Crippen LogP contribution < -0.4 is 0 Å². The van der Waals surface area contributed by atoms with Gasteiger partial charge in [0, 0.05) is 48.3 Å². The van der Waals surface area contributed by atoms with Crippen molar-refractivity contribution in [3.63, 3.8) is 0 Å². The number of amides is 2. The van der Waals surface area contributed by atoms with Crippen LogP contribution in [0.25, 0.3) is 10.9 Å². The zero-order valence-electron chi connectivity index (χ0n) is 14.5. The predicted octanol–water partition coefficient (Wildman–Crippen LogP) is 0.721. The van der Waals surface area contributed by atoms with E-state index in [9.17, 15) is 9.59 Å². The lowest BCUT2D eigenvalue weighted by atomic mass is 10.1. The highest BCUT2D eigenvalue weighted by atomic mass is 35.5. The van der Waals surface area contributed by atoms with E-state index in [0.29, 0.717) is 37.6 Å². The van der Waals surface area contributed by atoms with Crippen molar-refractivity contribution in [2.75, 3.05) is 26.2 Å². The van der Waals surface area contributed by atoms with Crippen LogP contribution in [0.2, 0.25) is 5.02 Å². The minimum atomic E-state index is -0.0549. The smallest absolute Gasteiger partial charge is 0.244 e. The Bertz CT molecular complexity index is 961. The molecule has 3 aromatic rings. The number of tetrazole rings is 1. The number of carbonyl (C=O) groups is 2. The predicted molar refractivity (Wildman–Crippen MR) is 98.0 cm³/mol. The molecule has 0 aliphatic carbocycles. The third-order valence-corrected chi connectivity index (χ3v) is 4.98. The van der Waals surface area contributed by atoms with E-state index in [1.54, 1.807) is 9.80 Å². The first-order valence-corrected chi connectivity index (χ1v) is 9.00. The van der Waals surface area contributed by atoms with Gasteiger partial charge in [0.25, 0.3) is 0 Å². The third kappa shape index (κ3) is 3.77. The van der Waals surface area contributed by atoms with Gasteiger partial charge in [0.1, 0.15) is 12.9 Å². The number of aromatic amines is 1. The Labute approximate surface area is 159 Å². The van der Waals surface area contributed by atoms with Crippen molar-refractivity contribution in [1.29, 1.82) is 0 Å². The fourth-order valence-electron chi connectivity index (χ4n) is 3.27. The van der Waals surface area contributed by atoms with Crippen LogP contribution in [0.5, 0.6) is 0 Å². The number of fused-ring (bicyclic) bond motifs is 1. The minimum Gasteiger partial charge on any atom is -0.361 e. The van der Waals surface area contributed by atoms with E-state index >= 15 is 0 Å². The van der Waals surface area contributed by atoms with Crippen molar-refractivity contribution in [3.05, 3.63) is 41.3 Å². The fourth-order valence-corrected chi connectivity index (χ4v) is 3.44. The maximum absolute atomic E-state index is 12.7. The van der Waals surface area contributed by atoms with Crippen molar-refractivity contribution in [2.45, 2.75) is 13.0 Å². The summed E-state index contributed by atoms with van der Waals surface area (Å²) in [6.45, 7) is 2.16. The molecule has 1 fully saturated rings. The summed E-state index contributed by atoms with van der Waals surface area (Å²) >= 11 is 6.07. The molecule has 2 amide bonds. The first-order chi connectivity index (χ1) is 13.1. The molecule has 0 radical (unpaired) electrons. The number of H-pyrrole nitrogens is 1. The molecule has 3 heterocycles. The zero-order chi connectivity index (χ0) is 18.8. The van der Waals surface area contributed by atoms with E-state index in [4.69, 9.17) is 11.6 Å². The first-order valence-electron chi connectivity index (χ1n) is 8.62. The number of rotatable bonds is 4. The summed E-state index contributed by atoms with van der Waals surface area (Å²) in [4.78, 5) is 31.6. The lowest BCUT2D eigenvalue weighted by Gasteiger charge is -2.34. The van der Waals surface area contributed by atoms with Gasteiger partial charge in [0.15, 0.2) is 0 Å². The number of halogens is 1. The average Bonchev–Trinajstić information content (AvgIpc) is 3.32. The number of aromatic nitrogens is 5. The summed E-state index contributed by atoms with van der Waals surface area (Å²) < 4.78 is 1.39. The monoisotopic (exact) mass is 387 g/mol. The number of nitrogens with one attached hydrogen (secondary N) is 1. The number of benzene rings is 1. The third-order valence-electron chi connectivity index (χ3n) is 4.74. The molecule has 1 saturated heterocycles. The zero-order valence-corrected chi connectivity index (χ0v) is 15.3. The molecule has 9 nitrogen and oxygen atoms in total. The summed E-state index contributed by atoms with van der Waals surface area (Å²) in [7, 11) is 0. The highest BCUT2D eigenvalue weighted by molar-refractivity contribution is 6.31. The van der Waals surface area contributed by atoms with E-state index in [-0.39, 0.29) is 18.4 Å². The average molecular weight is 388 g/mol. The molecule has 1 N–H and O–H groups in total. The van der Waals surface area contributed by atoms with E-state index in [2.05, 4.69) is 20.5 Å². The summed E-state index contributed by atoms with van der Waals surface area (Å²) in [6, 6.07) is 5.59. The van der Waals surface area contributed by atoms with Gasteiger partial charge in [0.05, 0.1) is 6.42 Å². The Kier molecular flexibility index (Phi) is 4.76. The molecule has 0 saturated carbocycles. The van der Waals surface area contributed by atoms with Crippen molar-refractivity contribution in [3.8, 4) is 0 Å². The molecule has 4 rings (SSSR count). The van der Waals surface area contributed by atoms with Crippen molar-refractivity contribution in [1.82, 2.24) is 35.0 Å². The molecule has 27 heavy (non-hydrogen) atoms. The molecule has 140 valence electrons. The van der Waals surface area contributed by atoms with Crippen LogP contribution in [0.4, 0.5) is 0 Å². The van der Waals surface area contributed by atoms with Gasteiger partial charge in [-0.3, -0.25) is 9.59 Å². The summed E-state index contributed by atoms with van der Waals surface area (Å²) in [6.07, 6.45) is 3.56. The SMILES string of the molecule is O=C(Cc1c[nH]c2ccc(Cl)cc12)N1CCN(C(=O)Cn2cnnn2)CC1. The van der Waals surface area contributed by atoms with Crippen LogP contribution in [0.3, 0.4) is 0 Å². The Morgan fingerprint density at radius 2 is 1.85 bits per heavy atom. The normalized spacial score (nSPS) is 14.7. The highest BCUT2D eigenvalue weighted by Crippen LogP contribution is 2.23. The lowest BCUT2D eigenvalue weighted by Crippen LogP contribution is -2.51. The molecule has 1 aromatic carbocycles. The summed E-state index contributed by atoms with van der Waals surface area (Å²) in [5.41, 5.74) is 1.88. The summed E-state index contributed by atoms with van der Waals surface area (Å²) in [5.74, 6) is -0.0101. The Morgan fingerprint density at radius 3 is 2.56 bits per heavy atom. The molecule has 0 atom stereocenters. The standard InChI is InChI=1S/C17H18ClN7O2/c18-13-1-2-15-14(8-13)12(9-19-15)7-16(26)23-3-5-24(6-4-23)17(27)10-25-11-20-21-22-25/h1-2,8-9,11,19H,3-7,10H2. The van der Waals surface area contributed by atoms with Crippen molar-refractivity contribution in [2.24, 2.45) is 0 Å². The molecular weight excluding hydrogens is 370 g/mol. The summed E-state index contributed by atoms with van der Waals surface area (Å²) in [5, 5.41) is 12.3. The molecule has 0 spiro atoms. The minimum absolute atomic E-state index is 0.0449. The molecule has 0 bridgehead atoms. The first kappa shape index (κ1) is 17.5. The number of nitrogens with zero attached hydrogens (tertiary/aromatic N) is 6.